The van der Waals surface area contributed by atoms with Crippen molar-refractivity contribution in [2.24, 2.45) is 10.9 Å². The van der Waals surface area contributed by atoms with Gasteiger partial charge in [-0.05, 0) is 12.8 Å². The summed E-state index contributed by atoms with van der Waals surface area (Å²) >= 11 is 1.76. The second-order valence-electron chi connectivity index (χ2n) is 6.45. The van der Waals surface area contributed by atoms with Crippen molar-refractivity contribution in [2.45, 2.75) is 33.2 Å². The van der Waals surface area contributed by atoms with Gasteiger partial charge in [-0.3, -0.25) is 9.89 Å². The molecule has 2 N–H and O–H groups in total. The van der Waals surface area contributed by atoms with Gasteiger partial charge in [0.25, 0.3) is 0 Å². The summed E-state index contributed by atoms with van der Waals surface area (Å²) in [6.07, 6.45) is 2.86. The number of rotatable bonds is 7. The van der Waals surface area contributed by atoms with Crippen LogP contribution in [0.1, 0.15) is 23.7 Å². The number of thiazole rings is 1. The number of aliphatic imine (C=N–C) groups is 1. The number of aryl methyl sites for hydroxylation is 1. The lowest BCUT2D eigenvalue weighted by Crippen LogP contribution is -2.52. The van der Waals surface area contributed by atoms with Crippen molar-refractivity contribution < 1.29 is 4.74 Å². The van der Waals surface area contributed by atoms with Crippen LogP contribution in [0.25, 0.3) is 0 Å². The molecule has 1 fully saturated rings. The summed E-state index contributed by atoms with van der Waals surface area (Å²) in [6, 6.07) is 0.495. The Bertz CT molecular complexity index is 517. The van der Waals surface area contributed by atoms with Crippen molar-refractivity contribution in [2.75, 3.05) is 46.4 Å². The summed E-state index contributed by atoms with van der Waals surface area (Å²) in [4.78, 5) is 12.5. The molecule has 0 bridgehead atoms. The van der Waals surface area contributed by atoms with E-state index in [0.717, 1.165) is 51.8 Å². The lowest BCUT2D eigenvalue weighted by atomic mass is 10.0. The lowest BCUT2D eigenvalue weighted by Gasteiger charge is -2.37. The topological polar surface area (TPSA) is 61.8 Å². The summed E-state index contributed by atoms with van der Waals surface area (Å²) in [5.41, 5.74) is 0. The molecule has 144 valence electrons. The second kappa shape index (κ2) is 12.0. The molecule has 25 heavy (non-hydrogen) atoms. The maximum atomic E-state index is 5.47. The molecule has 0 spiro atoms. The third-order valence-electron chi connectivity index (χ3n) is 4.29. The van der Waals surface area contributed by atoms with Crippen LogP contribution in [0.15, 0.2) is 11.2 Å². The van der Waals surface area contributed by atoms with Crippen LogP contribution in [0.3, 0.4) is 0 Å². The zero-order chi connectivity index (χ0) is 17.4. The molecule has 8 heteroatoms. The van der Waals surface area contributed by atoms with Crippen LogP contribution in [-0.2, 0) is 11.2 Å². The van der Waals surface area contributed by atoms with Gasteiger partial charge in [-0.1, -0.05) is 13.8 Å². The van der Waals surface area contributed by atoms with Gasteiger partial charge >= 0.3 is 0 Å². The molecule has 1 aliphatic rings. The molecule has 1 aromatic rings. The highest BCUT2D eigenvalue weighted by Crippen LogP contribution is 2.12. The molecular formula is C17H32IN5OS. The van der Waals surface area contributed by atoms with Gasteiger partial charge in [0.1, 0.15) is 0 Å². The van der Waals surface area contributed by atoms with Crippen LogP contribution >= 0.6 is 35.3 Å². The number of hydrogen-bond acceptors (Lipinski definition) is 5. The Morgan fingerprint density at radius 1 is 1.36 bits per heavy atom. The first-order valence-corrected chi connectivity index (χ1v) is 9.59. The second-order valence-corrected chi connectivity index (χ2v) is 7.77. The molecule has 1 aromatic heterocycles. The van der Waals surface area contributed by atoms with E-state index >= 15 is 0 Å². The largest absolute Gasteiger partial charge is 0.379 e. The normalized spacial score (nSPS) is 17.2. The van der Waals surface area contributed by atoms with Crippen molar-refractivity contribution in [3.05, 3.63) is 16.1 Å². The number of nitrogens with zero attached hydrogens (tertiary/aromatic N) is 3. The number of aromatic nitrogens is 1. The smallest absolute Gasteiger partial charge is 0.191 e. The van der Waals surface area contributed by atoms with E-state index in [0.29, 0.717) is 12.0 Å². The molecule has 1 unspecified atom stereocenters. The monoisotopic (exact) mass is 481 g/mol. The van der Waals surface area contributed by atoms with Crippen LogP contribution < -0.4 is 10.6 Å². The number of ether oxygens (including phenoxy) is 1. The van der Waals surface area contributed by atoms with Gasteiger partial charge in [-0.15, -0.1) is 35.3 Å². The molecule has 6 nitrogen and oxygen atoms in total. The Hall–Kier alpha value is -0.450. The molecule has 2 rings (SSSR count). The van der Waals surface area contributed by atoms with Crippen LogP contribution in [-0.4, -0.2) is 68.3 Å². The molecule has 0 saturated carbocycles. The molecule has 1 atom stereocenters. The lowest BCUT2D eigenvalue weighted by molar-refractivity contribution is 0.00752. The van der Waals surface area contributed by atoms with Gasteiger partial charge in [0.05, 0.1) is 18.2 Å². The average Bonchev–Trinajstić information content (AvgIpc) is 2.99. The maximum absolute atomic E-state index is 5.47. The molecule has 0 radical (unpaired) electrons. The Morgan fingerprint density at radius 2 is 2.08 bits per heavy atom. The zero-order valence-corrected chi connectivity index (χ0v) is 18.9. The summed E-state index contributed by atoms with van der Waals surface area (Å²) < 4.78 is 5.47. The van der Waals surface area contributed by atoms with E-state index in [2.05, 4.69) is 46.3 Å². The molecule has 1 saturated heterocycles. The number of hydrogen-bond donors (Lipinski definition) is 2. The zero-order valence-electron chi connectivity index (χ0n) is 15.7. The predicted molar refractivity (Wildman–Crippen MR) is 116 cm³/mol. The van der Waals surface area contributed by atoms with Gasteiger partial charge in [-0.25, -0.2) is 4.98 Å². The molecule has 0 aliphatic carbocycles. The van der Waals surface area contributed by atoms with Crippen LogP contribution in [0.5, 0.6) is 0 Å². The minimum atomic E-state index is 0. The van der Waals surface area contributed by atoms with Gasteiger partial charge in [0.2, 0.25) is 0 Å². The fourth-order valence-corrected chi connectivity index (χ4v) is 3.71. The summed E-state index contributed by atoms with van der Waals surface area (Å²) in [7, 11) is 1.82. The third kappa shape index (κ3) is 7.76. The summed E-state index contributed by atoms with van der Waals surface area (Å²) in [6.45, 7) is 12.1. The van der Waals surface area contributed by atoms with Crippen molar-refractivity contribution in [3.63, 3.8) is 0 Å². The third-order valence-corrected chi connectivity index (χ3v) is 5.26. The van der Waals surface area contributed by atoms with Crippen molar-refractivity contribution in [3.8, 4) is 0 Å². The number of nitrogens with one attached hydrogen (secondary N) is 2. The van der Waals surface area contributed by atoms with Gasteiger partial charge < -0.3 is 15.4 Å². The molecule has 1 aliphatic heterocycles. The summed E-state index contributed by atoms with van der Waals surface area (Å²) in [5.74, 6) is 1.45. The fraction of sp³-hybridized carbons (Fsp3) is 0.765. The van der Waals surface area contributed by atoms with E-state index in [1.54, 1.807) is 11.3 Å². The SMILES string of the molecule is CN=C(NCCc1ncc(C)s1)NCC(C(C)C)N1CCOCC1.I. The van der Waals surface area contributed by atoms with E-state index < -0.39 is 0 Å². The Morgan fingerprint density at radius 3 is 2.64 bits per heavy atom. The van der Waals surface area contributed by atoms with E-state index in [4.69, 9.17) is 4.74 Å². The van der Waals surface area contributed by atoms with Crippen LogP contribution in [0, 0.1) is 12.8 Å². The standard InChI is InChI=1S/C17H31N5OS.HI/c1-13(2)15(22-7-9-23-10-8-22)12-21-17(18-4)19-6-5-16-20-11-14(3)24-16;/h11,13,15H,5-10,12H2,1-4H3,(H2,18,19,21);1H. The van der Waals surface area contributed by atoms with Crippen molar-refractivity contribution in [1.82, 2.24) is 20.5 Å². The van der Waals surface area contributed by atoms with Crippen LogP contribution in [0.2, 0.25) is 0 Å². The quantitative estimate of drug-likeness (QED) is 0.355. The van der Waals surface area contributed by atoms with Crippen LogP contribution in [0.4, 0.5) is 0 Å². The van der Waals surface area contributed by atoms with E-state index in [9.17, 15) is 0 Å². The fourth-order valence-electron chi connectivity index (χ4n) is 2.92. The Kier molecular flexibility index (Phi) is 10.9. The van der Waals surface area contributed by atoms with Gasteiger partial charge in [0, 0.05) is 56.8 Å². The average molecular weight is 481 g/mol. The van der Waals surface area contributed by atoms with Crippen molar-refractivity contribution >= 4 is 41.3 Å². The highest BCUT2D eigenvalue weighted by atomic mass is 127. The number of guanidine groups is 1. The predicted octanol–water partition coefficient (Wildman–Crippen LogP) is 2.13. The first kappa shape index (κ1) is 22.6. The minimum absolute atomic E-state index is 0. The highest BCUT2D eigenvalue weighted by molar-refractivity contribution is 14.0. The molecule has 0 amide bonds. The molecule has 2 heterocycles. The molecular weight excluding hydrogens is 449 g/mol. The minimum Gasteiger partial charge on any atom is -0.379 e. The Labute approximate surface area is 172 Å². The summed E-state index contributed by atoms with van der Waals surface area (Å²) in [5, 5.41) is 8.04. The first-order valence-electron chi connectivity index (χ1n) is 8.77. The molecule has 0 aromatic carbocycles. The number of halogens is 1. The number of morpholine rings is 1. The first-order chi connectivity index (χ1) is 11.6. The van der Waals surface area contributed by atoms with E-state index in [1.807, 2.05) is 13.2 Å². The van der Waals surface area contributed by atoms with Crippen molar-refractivity contribution in [1.29, 1.82) is 0 Å². The maximum Gasteiger partial charge on any atom is 0.191 e. The highest BCUT2D eigenvalue weighted by Gasteiger charge is 2.23. The van der Waals surface area contributed by atoms with E-state index in [-0.39, 0.29) is 24.0 Å². The van der Waals surface area contributed by atoms with E-state index in [1.165, 1.54) is 9.88 Å². The van der Waals surface area contributed by atoms with Gasteiger partial charge in [0.15, 0.2) is 5.96 Å². The Balaban J connectivity index is 0.00000312. The van der Waals surface area contributed by atoms with Gasteiger partial charge in [-0.2, -0.15) is 0 Å².